The largest absolute Gasteiger partial charge is 0.337 e. The van der Waals surface area contributed by atoms with Gasteiger partial charge in [-0.3, -0.25) is 0 Å². The lowest BCUT2D eigenvalue weighted by molar-refractivity contribution is 0.264. The van der Waals surface area contributed by atoms with Gasteiger partial charge >= 0.3 is 0 Å². The molecule has 1 aromatic rings. The van der Waals surface area contributed by atoms with Gasteiger partial charge in [0.25, 0.3) is 0 Å². The van der Waals surface area contributed by atoms with Crippen molar-refractivity contribution in [2.45, 2.75) is 77.7 Å². The number of hydrogen-bond acceptors (Lipinski definition) is 1. The van der Waals surface area contributed by atoms with Crippen LogP contribution in [-0.2, 0) is 6.54 Å². The Labute approximate surface area is 118 Å². The smallest absolute Gasteiger partial charge is 0.0945 e. The Bertz CT molecular complexity index is 312. The number of nitrogens with zero attached hydrogens (tertiary/aromatic N) is 2. The van der Waals surface area contributed by atoms with Gasteiger partial charge in [-0.2, -0.15) is 0 Å². The fraction of sp³-hybridized carbons (Fsp3) is 0.824. The molecule has 1 saturated carbocycles. The van der Waals surface area contributed by atoms with Crippen molar-refractivity contribution in [1.29, 1.82) is 0 Å². The van der Waals surface area contributed by atoms with Crippen molar-refractivity contribution in [3.63, 3.8) is 0 Å². The van der Waals surface area contributed by atoms with Crippen LogP contribution in [0.2, 0.25) is 0 Å². The molecule has 0 aromatic carbocycles. The summed E-state index contributed by atoms with van der Waals surface area (Å²) in [7, 11) is 0. The molecule has 1 aromatic heterocycles. The van der Waals surface area contributed by atoms with E-state index in [0.717, 1.165) is 18.4 Å². The average molecular weight is 262 g/mol. The first kappa shape index (κ1) is 14.6. The molecule has 1 fully saturated rings. The third kappa shape index (κ3) is 5.38. The van der Waals surface area contributed by atoms with Crippen molar-refractivity contribution in [2.75, 3.05) is 0 Å². The zero-order valence-corrected chi connectivity index (χ0v) is 12.6. The molecule has 2 heteroatoms. The predicted octanol–water partition coefficient (Wildman–Crippen LogP) is 5.05. The normalized spacial score (nSPS) is 18.6. The van der Waals surface area contributed by atoms with Crippen LogP contribution in [0, 0.1) is 11.8 Å². The molecule has 0 radical (unpaired) electrons. The summed E-state index contributed by atoms with van der Waals surface area (Å²) in [5.74, 6) is 2.01. The summed E-state index contributed by atoms with van der Waals surface area (Å²) in [5, 5.41) is 0. The van der Waals surface area contributed by atoms with Gasteiger partial charge in [-0.25, -0.2) is 4.98 Å². The molecule has 0 spiro atoms. The highest BCUT2D eigenvalue weighted by molar-refractivity contribution is 4.75. The molecule has 1 aliphatic carbocycles. The summed E-state index contributed by atoms with van der Waals surface area (Å²) in [6.07, 6.45) is 20.4. The zero-order valence-electron chi connectivity index (χ0n) is 12.6. The topological polar surface area (TPSA) is 17.8 Å². The van der Waals surface area contributed by atoms with Gasteiger partial charge in [0.15, 0.2) is 0 Å². The fourth-order valence-corrected chi connectivity index (χ4v) is 3.66. The molecule has 0 saturated heterocycles. The van der Waals surface area contributed by atoms with E-state index in [9.17, 15) is 0 Å². The van der Waals surface area contributed by atoms with Crippen molar-refractivity contribution < 1.29 is 0 Å². The number of aromatic nitrogens is 2. The first-order chi connectivity index (χ1) is 9.38. The fourth-order valence-electron chi connectivity index (χ4n) is 3.66. The van der Waals surface area contributed by atoms with Gasteiger partial charge in [-0.05, 0) is 31.1 Å². The number of imidazole rings is 1. The van der Waals surface area contributed by atoms with Gasteiger partial charge in [0.1, 0.15) is 0 Å². The van der Waals surface area contributed by atoms with E-state index < -0.39 is 0 Å². The molecule has 2 nitrogen and oxygen atoms in total. The highest BCUT2D eigenvalue weighted by atomic mass is 15.0. The minimum Gasteiger partial charge on any atom is -0.337 e. The molecule has 1 unspecified atom stereocenters. The Morgan fingerprint density at radius 3 is 2.74 bits per heavy atom. The van der Waals surface area contributed by atoms with Gasteiger partial charge in [0.05, 0.1) is 6.33 Å². The molecule has 1 heterocycles. The van der Waals surface area contributed by atoms with Crippen LogP contribution in [0.1, 0.15) is 71.1 Å². The van der Waals surface area contributed by atoms with Crippen molar-refractivity contribution in [3.05, 3.63) is 18.7 Å². The molecular weight excluding hydrogens is 232 g/mol. The molecule has 0 aliphatic heterocycles. The van der Waals surface area contributed by atoms with E-state index >= 15 is 0 Å². The summed E-state index contributed by atoms with van der Waals surface area (Å²) >= 11 is 0. The second kappa shape index (κ2) is 8.39. The summed E-state index contributed by atoms with van der Waals surface area (Å²) in [6, 6.07) is 0. The molecule has 1 atom stereocenters. The molecular formula is C17H30N2. The number of aryl methyl sites for hydroxylation is 1. The van der Waals surface area contributed by atoms with E-state index in [1.807, 2.05) is 12.5 Å². The van der Waals surface area contributed by atoms with Crippen molar-refractivity contribution >= 4 is 0 Å². The first-order valence-corrected chi connectivity index (χ1v) is 8.34. The highest BCUT2D eigenvalue weighted by Crippen LogP contribution is 2.32. The van der Waals surface area contributed by atoms with Gasteiger partial charge in [0, 0.05) is 18.9 Å². The minimum absolute atomic E-state index is 0.969. The van der Waals surface area contributed by atoms with E-state index in [2.05, 4.69) is 22.7 Å². The highest BCUT2D eigenvalue weighted by Gasteiger charge is 2.18. The Balaban J connectivity index is 1.68. The van der Waals surface area contributed by atoms with Crippen LogP contribution in [0.5, 0.6) is 0 Å². The van der Waals surface area contributed by atoms with E-state index in [0.29, 0.717) is 0 Å². The predicted molar refractivity (Wildman–Crippen MR) is 81.1 cm³/mol. The van der Waals surface area contributed by atoms with Crippen LogP contribution in [0.4, 0.5) is 0 Å². The zero-order chi connectivity index (χ0) is 13.3. The second-order valence-corrected chi connectivity index (χ2v) is 6.34. The SMILES string of the molecule is CCCC(CCCn1ccnc1)CC1CCCCC1. The maximum atomic E-state index is 4.11. The maximum Gasteiger partial charge on any atom is 0.0945 e. The van der Waals surface area contributed by atoms with Gasteiger partial charge in [0.2, 0.25) is 0 Å². The van der Waals surface area contributed by atoms with Gasteiger partial charge in [-0.15, -0.1) is 0 Å². The van der Waals surface area contributed by atoms with Crippen LogP contribution < -0.4 is 0 Å². The van der Waals surface area contributed by atoms with Crippen LogP contribution in [0.15, 0.2) is 18.7 Å². The molecule has 1 aliphatic rings. The van der Waals surface area contributed by atoms with Crippen molar-refractivity contribution in [2.24, 2.45) is 11.8 Å². The minimum atomic E-state index is 0.969. The van der Waals surface area contributed by atoms with E-state index in [1.165, 1.54) is 64.2 Å². The van der Waals surface area contributed by atoms with Crippen molar-refractivity contribution in [3.8, 4) is 0 Å². The lowest BCUT2D eigenvalue weighted by atomic mass is 9.80. The van der Waals surface area contributed by atoms with Crippen LogP contribution in [0.25, 0.3) is 0 Å². The summed E-state index contributed by atoms with van der Waals surface area (Å²) in [6.45, 7) is 3.48. The van der Waals surface area contributed by atoms with Crippen LogP contribution >= 0.6 is 0 Å². The molecule has 0 N–H and O–H groups in total. The number of rotatable bonds is 8. The van der Waals surface area contributed by atoms with Crippen molar-refractivity contribution in [1.82, 2.24) is 9.55 Å². The molecule has 0 amide bonds. The van der Waals surface area contributed by atoms with Gasteiger partial charge < -0.3 is 4.57 Å². The third-order valence-electron chi connectivity index (χ3n) is 4.68. The summed E-state index contributed by atoms with van der Waals surface area (Å²) in [4.78, 5) is 4.11. The monoisotopic (exact) mass is 262 g/mol. The summed E-state index contributed by atoms with van der Waals surface area (Å²) < 4.78 is 2.21. The Hall–Kier alpha value is -0.790. The quantitative estimate of drug-likeness (QED) is 0.641. The standard InChI is InChI=1S/C17H30N2/c1-2-7-16(14-17-8-4-3-5-9-17)10-6-12-19-13-11-18-15-19/h11,13,15-17H,2-10,12,14H2,1H3. The van der Waals surface area contributed by atoms with E-state index in [1.54, 1.807) is 0 Å². The Morgan fingerprint density at radius 1 is 1.21 bits per heavy atom. The Kier molecular flexibility index (Phi) is 6.46. The molecule has 19 heavy (non-hydrogen) atoms. The second-order valence-electron chi connectivity index (χ2n) is 6.34. The lowest BCUT2D eigenvalue weighted by Gasteiger charge is -2.26. The third-order valence-corrected chi connectivity index (χ3v) is 4.68. The molecule has 2 rings (SSSR count). The molecule has 0 bridgehead atoms. The number of hydrogen-bond donors (Lipinski definition) is 0. The van der Waals surface area contributed by atoms with E-state index in [4.69, 9.17) is 0 Å². The van der Waals surface area contributed by atoms with Crippen LogP contribution in [0.3, 0.4) is 0 Å². The Morgan fingerprint density at radius 2 is 2.05 bits per heavy atom. The van der Waals surface area contributed by atoms with Crippen LogP contribution in [-0.4, -0.2) is 9.55 Å². The first-order valence-electron chi connectivity index (χ1n) is 8.34. The van der Waals surface area contributed by atoms with Gasteiger partial charge in [-0.1, -0.05) is 51.9 Å². The summed E-state index contributed by atoms with van der Waals surface area (Å²) in [5.41, 5.74) is 0. The molecule has 108 valence electrons. The average Bonchev–Trinajstić information content (AvgIpc) is 2.93. The maximum absolute atomic E-state index is 4.11. The van der Waals surface area contributed by atoms with E-state index in [-0.39, 0.29) is 0 Å². The lowest BCUT2D eigenvalue weighted by Crippen LogP contribution is -2.13.